The van der Waals surface area contributed by atoms with Crippen LogP contribution in [-0.2, 0) is 0 Å². The van der Waals surface area contributed by atoms with Gasteiger partial charge in [-0.25, -0.2) is 9.78 Å². The predicted molar refractivity (Wildman–Crippen MR) is 155 cm³/mol. The molecule has 0 aromatic carbocycles. The minimum absolute atomic E-state index is 0.0373. The van der Waals surface area contributed by atoms with E-state index in [9.17, 15) is 4.79 Å². The molecule has 0 spiro atoms. The molecule has 0 bridgehead atoms. The van der Waals surface area contributed by atoms with Crippen LogP contribution in [0.2, 0.25) is 0 Å². The van der Waals surface area contributed by atoms with E-state index < -0.39 is 0 Å². The van der Waals surface area contributed by atoms with Crippen molar-refractivity contribution < 1.29 is 4.79 Å². The van der Waals surface area contributed by atoms with Crippen molar-refractivity contribution >= 4 is 23.8 Å². The van der Waals surface area contributed by atoms with Crippen molar-refractivity contribution in [1.29, 1.82) is 5.41 Å². The van der Waals surface area contributed by atoms with Gasteiger partial charge in [0, 0.05) is 30.1 Å². The summed E-state index contributed by atoms with van der Waals surface area (Å²) in [5, 5.41) is 20.3. The Hall–Kier alpha value is -3.71. The summed E-state index contributed by atoms with van der Waals surface area (Å²) in [5.41, 5.74) is 5.24. The van der Waals surface area contributed by atoms with E-state index in [0.29, 0.717) is 23.6 Å². The molecule has 36 heavy (non-hydrogen) atoms. The molecule has 1 atom stereocenters. The van der Waals surface area contributed by atoms with Crippen molar-refractivity contribution in [3.63, 3.8) is 0 Å². The molecular formula is C29H42N6O. The number of carbonyl (C=O) groups is 1. The number of amides is 2. The number of unbranched alkanes of at least 4 members (excludes halogenated alkanes) is 1. The molecule has 7 heteroatoms. The third kappa shape index (κ3) is 11.6. The number of carbonyl (C=O) groups excluding carboxylic acids is 1. The first-order valence-corrected chi connectivity index (χ1v) is 12.3. The average Bonchev–Trinajstić information content (AvgIpc) is 2.82. The van der Waals surface area contributed by atoms with Crippen LogP contribution in [-0.4, -0.2) is 36.4 Å². The van der Waals surface area contributed by atoms with Gasteiger partial charge >= 0.3 is 6.03 Å². The molecule has 0 aliphatic rings. The summed E-state index contributed by atoms with van der Waals surface area (Å²) in [7, 11) is 0. The lowest BCUT2D eigenvalue weighted by Crippen LogP contribution is -2.43. The molecule has 0 fully saturated rings. The lowest BCUT2D eigenvalue weighted by molar-refractivity contribution is 0.251. The number of hydrogen-bond acceptors (Lipinski definition) is 5. The summed E-state index contributed by atoms with van der Waals surface area (Å²) >= 11 is 0. The Morgan fingerprint density at radius 2 is 1.97 bits per heavy atom. The molecule has 0 radical (unpaired) electrons. The fourth-order valence-electron chi connectivity index (χ4n) is 3.25. The molecule has 1 aromatic heterocycles. The Morgan fingerprint density at radius 1 is 1.22 bits per heavy atom. The van der Waals surface area contributed by atoms with Crippen LogP contribution in [0.4, 0.5) is 16.3 Å². The molecule has 7 nitrogen and oxygen atoms in total. The SMILES string of the molecule is C=C/C=C(\C=C(C)C)Nc1cnc(NC(=O)NCC(NCCCC)C(/C=C\C(=C)C)=C/C)cc1C=N. The van der Waals surface area contributed by atoms with Gasteiger partial charge in [-0.15, -0.1) is 0 Å². The molecule has 1 heterocycles. The first-order valence-electron chi connectivity index (χ1n) is 12.3. The van der Waals surface area contributed by atoms with E-state index in [1.165, 1.54) is 6.21 Å². The fraction of sp³-hybridized carbons (Fsp3) is 0.345. The van der Waals surface area contributed by atoms with Crippen LogP contribution < -0.4 is 21.3 Å². The highest BCUT2D eigenvalue weighted by Gasteiger charge is 2.14. The minimum atomic E-state index is -0.363. The molecule has 0 aliphatic heterocycles. The van der Waals surface area contributed by atoms with E-state index in [0.717, 1.165) is 41.8 Å². The minimum Gasteiger partial charge on any atom is -0.354 e. The molecule has 2 amide bonds. The van der Waals surface area contributed by atoms with E-state index >= 15 is 0 Å². The van der Waals surface area contributed by atoms with E-state index in [1.54, 1.807) is 18.3 Å². The number of pyridine rings is 1. The van der Waals surface area contributed by atoms with Crippen LogP contribution in [0.5, 0.6) is 0 Å². The van der Waals surface area contributed by atoms with Crippen LogP contribution in [0.25, 0.3) is 0 Å². The first-order chi connectivity index (χ1) is 17.2. The van der Waals surface area contributed by atoms with E-state index in [-0.39, 0.29) is 12.1 Å². The maximum Gasteiger partial charge on any atom is 0.320 e. The van der Waals surface area contributed by atoms with E-state index in [1.807, 2.05) is 58.1 Å². The smallest absolute Gasteiger partial charge is 0.320 e. The lowest BCUT2D eigenvalue weighted by atomic mass is 10.0. The number of anilines is 2. The van der Waals surface area contributed by atoms with Gasteiger partial charge in [-0.05, 0) is 64.5 Å². The zero-order valence-corrected chi connectivity index (χ0v) is 22.4. The van der Waals surface area contributed by atoms with Crippen LogP contribution in [0.15, 0.2) is 84.3 Å². The van der Waals surface area contributed by atoms with E-state index in [2.05, 4.69) is 46.3 Å². The highest BCUT2D eigenvalue weighted by atomic mass is 16.2. The van der Waals surface area contributed by atoms with Gasteiger partial charge < -0.3 is 21.4 Å². The van der Waals surface area contributed by atoms with Crippen molar-refractivity contribution in [2.24, 2.45) is 0 Å². The number of urea groups is 1. The van der Waals surface area contributed by atoms with Gasteiger partial charge in [0.1, 0.15) is 5.82 Å². The normalized spacial score (nSPS) is 12.6. The van der Waals surface area contributed by atoms with Gasteiger partial charge in [0.05, 0.1) is 11.9 Å². The Balaban J connectivity index is 2.92. The zero-order valence-electron chi connectivity index (χ0n) is 22.4. The summed E-state index contributed by atoms with van der Waals surface area (Å²) in [5.74, 6) is 0.358. The number of nitrogens with zero attached hydrogens (tertiary/aromatic N) is 1. The molecule has 5 N–H and O–H groups in total. The monoisotopic (exact) mass is 490 g/mol. The van der Waals surface area contributed by atoms with Crippen molar-refractivity contribution in [3.05, 3.63) is 89.9 Å². The van der Waals surface area contributed by atoms with Gasteiger partial charge in [-0.1, -0.05) is 62.0 Å². The van der Waals surface area contributed by atoms with Crippen LogP contribution in [0.3, 0.4) is 0 Å². The lowest BCUT2D eigenvalue weighted by Gasteiger charge is -2.21. The second kappa shape index (κ2) is 16.8. The molecule has 1 aromatic rings. The second-order valence-corrected chi connectivity index (χ2v) is 8.67. The van der Waals surface area contributed by atoms with Gasteiger partial charge in [-0.2, -0.15) is 0 Å². The van der Waals surface area contributed by atoms with Crippen molar-refractivity contribution in [1.82, 2.24) is 15.6 Å². The van der Waals surface area contributed by atoms with Crippen LogP contribution in [0.1, 0.15) is 53.0 Å². The molecule has 0 aliphatic carbocycles. The topological polar surface area (TPSA) is 102 Å². The molecular weight excluding hydrogens is 448 g/mol. The highest BCUT2D eigenvalue weighted by molar-refractivity contribution is 5.92. The predicted octanol–water partition coefficient (Wildman–Crippen LogP) is 6.49. The molecule has 194 valence electrons. The third-order valence-corrected chi connectivity index (χ3v) is 5.04. The standard InChI is InChI=1S/C29H42N6O/c1-8-11-15-31-26(23(10-3)14-13-21(4)5)19-33-29(36)35-28-17-24(18-30)27(20-32-28)34-25(12-9-2)16-22(6)7/h9-10,12-14,16-18,20,26,30-31,34H,2,4,8,11,15,19H2,1,3,5-7H3,(H2,32,33,35,36)/b14-13-,23-10+,25-12+,30-18?. The second-order valence-electron chi connectivity index (χ2n) is 8.67. The third-order valence-electron chi connectivity index (χ3n) is 5.04. The van der Waals surface area contributed by atoms with Crippen molar-refractivity contribution in [3.8, 4) is 0 Å². The summed E-state index contributed by atoms with van der Waals surface area (Å²) in [6, 6.07) is 1.26. The number of hydrogen-bond donors (Lipinski definition) is 5. The van der Waals surface area contributed by atoms with Crippen LogP contribution in [0, 0.1) is 5.41 Å². The van der Waals surface area contributed by atoms with Gasteiger partial charge in [0.2, 0.25) is 0 Å². The summed E-state index contributed by atoms with van der Waals surface area (Å²) in [4.78, 5) is 17.0. The Bertz CT molecular complexity index is 1030. The Labute approximate surface area is 216 Å². The van der Waals surface area contributed by atoms with Gasteiger partial charge in [-0.3, -0.25) is 5.32 Å². The van der Waals surface area contributed by atoms with Crippen molar-refractivity contribution in [2.45, 2.75) is 53.5 Å². The largest absolute Gasteiger partial charge is 0.354 e. The molecule has 1 unspecified atom stereocenters. The first kappa shape index (κ1) is 30.3. The van der Waals surface area contributed by atoms with Gasteiger partial charge in [0.25, 0.3) is 0 Å². The van der Waals surface area contributed by atoms with Gasteiger partial charge in [0.15, 0.2) is 0 Å². The highest BCUT2D eigenvalue weighted by Crippen LogP contribution is 2.19. The number of nitrogens with one attached hydrogen (secondary N) is 5. The average molecular weight is 491 g/mol. The fourth-order valence-corrected chi connectivity index (χ4v) is 3.25. The molecule has 0 saturated carbocycles. The summed E-state index contributed by atoms with van der Waals surface area (Å²) < 4.78 is 0. The zero-order chi connectivity index (χ0) is 26.9. The number of rotatable bonds is 15. The maximum atomic E-state index is 12.7. The Kier molecular flexibility index (Phi) is 14.2. The summed E-state index contributed by atoms with van der Waals surface area (Å²) in [6.45, 7) is 19.0. The van der Waals surface area contributed by atoms with E-state index in [4.69, 9.17) is 5.41 Å². The Morgan fingerprint density at radius 3 is 2.56 bits per heavy atom. The summed E-state index contributed by atoms with van der Waals surface area (Å²) in [6.07, 6.45) is 16.5. The number of aromatic nitrogens is 1. The van der Waals surface area contributed by atoms with Crippen molar-refractivity contribution in [2.75, 3.05) is 23.7 Å². The maximum absolute atomic E-state index is 12.7. The number of allylic oxidation sites excluding steroid dienone is 7. The molecule has 1 rings (SSSR count). The van der Waals surface area contributed by atoms with Crippen LogP contribution >= 0.6 is 0 Å². The molecule has 0 saturated heterocycles. The quantitative estimate of drug-likeness (QED) is 0.110.